The first-order chi connectivity index (χ1) is 8.58. The van der Waals surface area contributed by atoms with Crippen molar-refractivity contribution in [3.05, 3.63) is 34.9 Å². The molecule has 0 fully saturated rings. The first kappa shape index (κ1) is 15.5. The molecule has 0 aliphatic rings. The maximum atomic E-state index is 5.87. The lowest BCUT2D eigenvalue weighted by atomic mass is 10.1. The van der Waals surface area contributed by atoms with Crippen LogP contribution >= 0.6 is 11.6 Å². The Morgan fingerprint density at radius 1 is 1.17 bits per heavy atom. The van der Waals surface area contributed by atoms with Gasteiger partial charge >= 0.3 is 0 Å². The average molecular weight is 269 g/mol. The van der Waals surface area contributed by atoms with Gasteiger partial charge in [-0.3, -0.25) is 0 Å². The largest absolute Gasteiger partial charge is 0.315 e. The van der Waals surface area contributed by atoms with E-state index in [2.05, 4.69) is 43.2 Å². The first-order valence-electron chi connectivity index (χ1n) is 6.71. The van der Waals surface area contributed by atoms with E-state index in [1.807, 2.05) is 12.1 Å². The Balaban J connectivity index is 2.13. The number of likely N-dealkylation sites (N-methyl/N-ethyl adjacent to an activating group) is 1. The van der Waals surface area contributed by atoms with E-state index in [-0.39, 0.29) is 0 Å². The van der Waals surface area contributed by atoms with Crippen LogP contribution in [0.1, 0.15) is 25.8 Å². The summed E-state index contributed by atoms with van der Waals surface area (Å²) in [4.78, 5) is 2.33. The molecule has 0 heterocycles. The van der Waals surface area contributed by atoms with Gasteiger partial charge in [0.05, 0.1) is 0 Å². The summed E-state index contributed by atoms with van der Waals surface area (Å²) in [7, 11) is 2.15. The number of halogens is 1. The molecule has 0 unspecified atom stereocenters. The van der Waals surface area contributed by atoms with Gasteiger partial charge in [0.25, 0.3) is 0 Å². The van der Waals surface area contributed by atoms with E-state index in [0.29, 0.717) is 0 Å². The minimum absolute atomic E-state index is 0.782. The molecule has 18 heavy (non-hydrogen) atoms. The highest BCUT2D eigenvalue weighted by atomic mass is 35.5. The molecule has 1 aromatic rings. The third-order valence-corrected chi connectivity index (χ3v) is 3.19. The molecule has 0 saturated heterocycles. The molecule has 0 aliphatic carbocycles. The van der Waals surface area contributed by atoms with Gasteiger partial charge in [0.15, 0.2) is 0 Å². The molecule has 102 valence electrons. The van der Waals surface area contributed by atoms with Crippen LogP contribution in [-0.2, 0) is 6.54 Å². The lowest BCUT2D eigenvalue weighted by Crippen LogP contribution is -2.29. The number of rotatable bonds is 8. The number of nitrogens with zero attached hydrogens (tertiary/aromatic N) is 1. The van der Waals surface area contributed by atoms with Crippen molar-refractivity contribution in [1.29, 1.82) is 0 Å². The van der Waals surface area contributed by atoms with E-state index < -0.39 is 0 Å². The molecule has 0 aliphatic heterocycles. The summed E-state index contributed by atoms with van der Waals surface area (Å²) in [5.74, 6) is 0.782. The third kappa shape index (κ3) is 7.00. The lowest BCUT2D eigenvalue weighted by Gasteiger charge is -2.17. The topological polar surface area (TPSA) is 15.3 Å². The van der Waals surface area contributed by atoms with Gasteiger partial charge in [-0.05, 0) is 43.6 Å². The monoisotopic (exact) mass is 268 g/mol. The highest BCUT2D eigenvalue weighted by Crippen LogP contribution is 2.10. The number of nitrogens with one attached hydrogen (secondary N) is 1. The number of benzene rings is 1. The molecule has 1 aromatic carbocycles. The Morgan fingerprint density at radius 2 is 1.83 bits per heavy atom. The first-order valence-corrected chi connectivity index (χ1v) is 7.09. The SMILES string of the molecule is CC(C)CCNCCN(C)Cc1ccc(Cl)cc1. The molecule has 0 saturated carbocycles. The fourth-order valence-electron chi connectivity index (χ4n) is 1.77. The van der Waals surface area contributed by atoms with Crippen LogP contribution in [0.15, 0.2) is 24.3 Å². The molecule has 0 spiro atoms. The van der Waals surface area contributed by atoms with E-state index in [1.165, 1.54) is 12.0 Å². The van der Waals surface area contributed by atoms with Crippen LogP contribution in [0.25, 0.3) is 0 Å². The van der Waals surface area contributed by atoms with Crippen LogP contribution in [0.5, 0.6) is 0 Å². The van der Waals surface area contributed by atoms with E-state index in [4.69, 9.17) is 11.6 Å². The zero-order valence-electron chi connectivity index (χ0n) is 11.7. The second-order valence-electron chi connectivity index (χ2n) is 5.30. The van der Waals surface area contributed by atoms with Crippen molar-refractivity contribution in [1.82, 2.24) is 10.2 Å². The molecule has 0 amide bonds. The smallest absolute Gasteiger partial charge is 0.0406 e. The molecule has 1 N–H and O–H groups in total. The van der Waals surface area contributed by atoms with Crippen LogP contribution < -0.4 is 5.32 Å². The van der Waals surface area contributed by atoms with Crippen molar-refractivity contribution in [2.75, 3.05) is 26.7 Å². The standard InChI is InChI=1S/C15H25ClN2/c1-13(2)8-9-17-10-11-18(3)12-14-4-6-15(16)7-5-14/h4-7,13,17H,8-12H2,1-3H3. The Hall–Kier alpha value is -0.570. The third-order valence-electron chi connectivity index (χ3n) is 2.93. The van der Waals surface area contributed by atoms with E-state index in [1.54, 1.807) is 0 Å². The Kier molecular flexibility index (Phi) is 7.33. The van der Waals surface area contributed by atoms with Gasteiger partial charge in [0.2, 0.25) is 0 Å². The Bertz CT molecular complexity index is 322. The summed E-state index contributed by atoms with van der Waals surface area (Å²) in [6, 6.07) is 8.08. The molecule has 0 aromatic heterocycles. The van der Waals surface area contributed by atoms with Crippen LogP contribution in [0, 0.1) is 5.92 Å². The summed E-state index contributed by atoms with van der Waals surface area (Å²) in [6.07, 6.45) is 1.25. The van der Waals surface area contributed by atoms with Crippen molar-refractivity contribution in [3.63, 3.8) is 0 Å². The Morgan fingerprint density at radius 3 is 2.44 bits per heavy atom. The predicted molar refractivity (Wildman–Crippen MR) is 80.1 cm³/mol. The van der Waals surface area contributed by atoms with Crippen LogP contribution in [0.3, 0.4) is 0 Å². The number of hydrogen-bond acceptors (Lipinski definition) is 2. The van der Waals surface area contributed by atoms with Gasteiger partial charge in [-0.25, -0.2) is 0 Å². The van der Waals surface area contributed by atoms with Gasteiger partial charge < -0.3 is 10.2 Å². The highest BCUT2D eigenvalue weighted by molar-refractivity contribution is 6.30. The summed E-state index contributed by atoms with van der Waals surface area (Å²) < 4.78 is 0. The molecule has 2 nitrogen and oxygen atoms in total. The molecule has 0 bridgehead atoms. The minimum Gasteiger partial charge on any atom is -0.315 e. The molecule has 1 rings (SSSR count). The van der Waals surface area contributed by atoms with E-state index >= 15 is 0 Å². The van der Waals surface area contributed by atoms with Crippen molar-refractivity contribution in [2.45, 2.75) is 26.8 Å². The highest BCUT2D eigenvalue weighted by Gasteiger charge is 2.00. The predicted octanol–water partition coefficient (Wildman–Crippen LogP) is 3.41. The summed E-state index contributed by atoms with van der Waals surface area (Å²) >= 11 is 5.87. The zero-order chi connectivity index (χ0) is 13.4. The summed E-state index contributed by atoms with van der Waals surface area (Å²) in [5, 5.41) is 4.28. The van der Waals surface area contributed by atoms with Crippen LogP contribution in [0.2, 0.25) is 5.02 Å². The molecule has 0 atom stereocenters. The molecular weight excluding hydrogens is 244 g/mol. The normalized spacial score (nSPS) is 11.4. The zero-order valence-corrected chi connectivity index (χ0v) is 12.5. The average Bonchev–Trinajstić information content (AvgIpc) is 2.31. The van der Waals surface area contributed by atoms with Gasteiger partial charge in [-0.15, -0.1) is 0 Å². The van der Waals surface area contributed by atoms with Crippen molar-refractivity contribution >= 4 is 11.6 Å². The lowest BCUT2D eigenvalue weighted by molar-refractivity contribution is 0.323. The van der Waals surface area contributed by atoms with Gasteiger partial charge in [-0.2, -0.15) is 0 Å². The summed E-state index contributed by atoms with van der Waals surface area (Å²) in [6.45, 7) is 8.73. The van der Waals surface area contributed by atoms with E-state index in [0.717, 1.165) is 37.1 Å². The van der Waals surface area contributed by atoms with Crippen molar-refractivity contribution in [3.8, 4) is 0 Å². The van der Waals surface area contributed by atoms with Gasteiger partial charge in [-0.1, -0.05) is 37.6 Å². The van der Waals surface area contributed by atoms with Crippen LogP contribution in [0.4, 0.5) is 0 Å². The molecular formula is C15H25ClN2. The van der Waals surface area contributed by atoms with Crippen molar-refractivity contribution in [2.24, 2.45) is 5.92 Å². The van der Waals surface area contributed by atoms with Gasteiger partial charge in [0, 0.05) is 24.7 Å². The maximum Gasteiger partial charge on any atom is 0.0406 e. The molecule has 3 heteroatoms. The fraction of sp³-hybridized carbons (Fsp3) is 0.600. The second-order valence-corrected chi connectivity index (χ2v) is 5.73. The second kappa shape index (κ2) is 8.52. The van der Waals surface area contributed by atoms with Gasteiger partial charge in [0.1, 0.15) is 0 Å². The summed E-state index contributed by atoms with van der Waals surface area (Å²) in [5.41, 5.74) is 1.31. The fourth-order valence-corrected chi connectivity index (χ4v) is 1.89. The van der Waals surface area contributed by atoms with Crippen molar-refractivity contribution < 1.29 is 0 Å². The molecule has 0 radical (unpaired) electrons. The maximum absolute atomic E-state index is 5.87. The quantitative estimate of drug-likeness (QED) is 0.727. The van der Waals surface area contributed by atoms with E-state index in [9.17, 15) is 0 Å². The van der Waals surface area contributed by atoms with Crippen LogP contribution in [-0.4, -0.2) is 31.6 Å². The Labute approximate surface area is 116 Å². The minimum atomic E-state index is 0.782. The number of hydrogen-bond donors (Lipinski definition) is 1.